The zero-order chi connectivity index (χ0) is 39.9. The van der Waals surface area contributed by atoms with Crippen molar-refractivity contribution in [2.45, 2.75) is 111 Å². The predicted octanol–water partition coefficient (Wildman–Crippen LogP) is 14.5. The van der Waals surface area contributed by atoms with Crippen LogP contribution in [0.25, 0.3) is 22.3 Å². The van der Waals surface area contributed by atoms with Crippen molar-refractivity contribution >= 4 is 37.1 Å². The Hall–Kier alpha value is -3.82. The van der Waals surface area contributed by atoms with Crippen LogP contribution in [0.4, 0.5) is 0 Å². The molecule has 0 atom stereocenters. The molecule has 0 aliphatic carbocycles. The van der Waals surface area contributed by atoms with E-state index in [-0.39, 0.29) is 18.2 Å². The highest BCUT2D eigenvalue weighted by Gasteiger charge is 2.37. The summed E-state index contributed by atoms with van der Waals surface area (Å²) in [6.07, 6.45) is 0. The molecule has 0 fully saturated rings. The SMILES string of the molecule is CC(C)c1cc(C(C)C)c(-c2ccccc2P(C(C)(C)C)C(C)(C)C)c(C(C)C)c1.c1ccc(-c2ccccc2P(c2ccccc2)c2ccccc2)cc1. The minimum absolute atomic E-state index is 0.248. The van der Waals surface area contributed by atoms with E-state index in [0.717, 1.165) is 0 Å². The van der Waals surface area contributed by atoms with Crippen LogP contribution in [0.15, 0.2) is 152 Å². The van der Waals surface area contributed by atoms with E-state index in [2.05, 4.69) is 235 Å². The summed E-state index contributed by atoms with van der Waals surface area (Å²) in [5.41, 5.74) is 10.1. The van der Waals surface area contributed by atoms with Gasteiger partial charge in [0.05, 0.1) is 0 Å². The molecule has 0 nitrogen and oxygen atoms in total. The van der Waals surface area contributed by atoms with E-state index in [4.69, 9.17) is 0 Å². The summed E-state index contributed by atoms with van der Waals surface area (Å²) >= 11 is 0. The second-order valence-corrected chi connectivity index (χ2v) is 23.6. The molecule has 0 aliphatic rings. The summed E-state index contributed by atoms with van der Waals surface area (Å²) in [4.78, 5) is 0. The summed E-state index contributed by atoms with van der Waals surface area (Å²) in [5.74, 6) is 1.55. The van der Waals surface area contributed by atoms with Gasteiger partial charge in [0.15, 0.2) is 0 Å². The Labute approximate surface area is 337 Å². The summed E-state index contributed by atoms with van der Waals surface area (Å²) in [6, 6.07) is 55.5. The highest BCUT2D eigenvalue weighted by molar-refractivity contribution is 7.80. The smallest absolute Gasteiger partial charge is 0.00726 e. The lowest BCUT2D eigenvalue weighted by Gasteiger charge is -2.43. The van der Waals surface area contributed by atoms with E-state index in [9.17, 15) is 0 Å². The van der Waals surface area contributed by atoms with E-state index in [1.807, 2.05) is 0 Å². The molecule has 0 saturated carbocycles. The zero-order valence-corrected chi connectivity index (χ0v) is 37.3. The van der Waals surface area contributed by atoms with Gasteiger partial charge in [-0.1, -0.05) is 243 Å². The van der Waals surface area contributed by atoms with Crippen LogP contribution >= 0.6 is 15.8 Å². The number of rotatable bonds is 9. The number of hydrogen-bond donors (Lipinski definition) is 0. The first-order valence-corrected chi connectivity index (χ1v) is 22.9. The third-order valence-electron chi connectivity index (χ3n) is 10.1. The molecule has 0 spiro atoms. The van der Waals surface area contributed by atoms with Gasteiger partial charge in [0.1, 0.15) is 0 Å². The lowest BCUT2D eigenvalue weighted by molar-refractivity contribution is 0.715. The lowest BCUT2D eigenvalue weighted by Crippen LogP contribution is -2.32. The fraction of sp³-hybridized carbons (Fsp3) is 0.321. The fourth-order valence-electron chi connectivity index (χ4n) is 7.99. The van der Waals surface area contributed by atoms with Crippen LogP contribution in [0.2, 0.25) is 0 Å². The van der Waals surface area contributed by atoms with Crippen LogP contribution in [0.3, 0.4) is 0 Å². The molecule has 55 heavy (non-hydrogen) atoms. The van der Waals surface area contributed by atoms with Gasteiger partial charge in [0, 0.05) is 0 Å². The standard InChI is InChI=1S/C29H45P.C24H19P/c1-19(2)22-17-24(20(3)4)27(25(18-22)21(5)6)23-15-13-14-16-26(23)30(28(7,8)9)29(10,11)12;1-4-12-20(13-5-1)23-18-10-11-19-24(23)25(21-14-6-2-7-15-21)22-16-8-3-9-17-22/h13-21H,1-12H3;1-19H. The number of benzene rings is 6. The van der Waals surface area contributed by atoms with Crippen molar-refractivity contribution in [3.8, 4) is 22.3 Å². The van der Waals surface area contributed by atoms with Crippen molar-refractivity contribution in [2.75, 3.05) is 0 Å². The van der Waals surface area contributed by atoms with Gasteiger partial charge in [-0.3, -0.25) is 0 Å². The second kappa shape index (κ2) is 18.4. The van der Waals surface area contributed by atoms with Gasteiger partial charge in [-0.25, -0.2) is 0 Å². The summed E-state index contributed by atoms with van der Waals surface area (Å²) < 4.78 is 0. The van der Waals surface area contributed by atoms with Crippen molar-refractivity contribution in [2.24, 2.45) is 0 Å². The van der Waals surface area contributed by atoms with E-state index in [1.165, 1.54) is 54.9 Å². The molecule has 6 aromatic carbocycles. The Balaban J connectivity index is 0.000000214. The first-order valence-electron chi connectivity index (χ1n) is 20.2. The van der Waals surface area contributed by atoms with Gasteiger partial charge in [0.25, 0.3) is 0 Å². The molecule has 0 unspecified atom stereocenters. The monoisotopic (exact) mass is 762 g/mol. The van der Waals surface area contributed by atoms with Crippen LogP contribution in [-0.4, -0.2) is 10.3 Å². The molecule has 0 aromatic heterocycles. The van der Waals surface area contributed by atoms with Gasteiger partial charge < -0.3 is 0 Å². The van der Waals surface area contributed by atoms with Crippen LogP contribution < -0.4 is 21.2 Å². The molecular formula is C53H64P2. The maximum Gasteiger partial charge on any atom is -0.00726 e. The van der Waals surface area contributed by atoms with E-state index in [1.54, 1.807) is 5.30 Å². The van der Waals surface area contributed by atoms with Crippen LogP contribution in [0, 0.1) is 0 Å². The molecule has 0 aliphatic heterocycles. The van der Waals surface area contributed by atoms with Crippen molar-refractivity contribution in [1.29, 1.82) is 0 Å². The van der Waals surface area contributed by atoms with Gasteiger partial charge in [-0.05, 0) is 96.1 Å². The normalized spacial score (nSPS) is 12.1. The van der Waals surface area contributed by atoms with Crippen molar-refractivity contribution in [3.05, 3.63) is 168 Å². The third-order valence-corrected chi connectivity index (χ3v) is 16.2. The fourth-order valence-corrected chi connectivity index (χ4v) is 14.6. The third kappa shape index (κ3) is 10.3. The molecule has 0 saturated heterocycles. The maximum absolute atomic E-state index is 2.49. The minimum atomic E-state index is -0.590. The molecular weight excluding hydrogens is 699 g/mol. The van der Waals surface area contributed by atoms with Crippen molar-refractivity contribution in [3.63, 3.8) is 0 Å². The van der Waals surface area contributed by atoms with E-state index >= 15 is 0 Å². The van der Waals surface area contributed by atoms with Gasteiger partial charge >= 0.3 is 0 Å². The second-order valence-electron chi connectivity index (χ2n) is 17.6. The Morgan fingerprint density at radius 1 is 0.400 bits per heavy atom. The topological polar surface area (TPSA) is 0 Å². The summed E-state index contributed by atoms with van der Waals surface area (Å²) in [5, 5.41) is 6.23. The number of hydrogen-bond acceptors (Lipinski definition) is 0. The summed E-state index contributed by atoms with van der Waals surface area (Å²) in [6.45, 7) is 28.6. The highest BCUT2D eigenvalue weighted by atomic mass is 31.1. The zero-order valence-electron chi connectivity index (χ0n) is 35.6. The van der Waals surface area contributed by atoms with E-state index in [0.29, 0.717) is 17.8 Å². The molecule has 0 N–H and O–H groups in total. The van der Waals surface area contributed by atoms with Crippen molar-refractivity contribution in [1.82, 2.24) is 0 Å². The Bertz CT molecular complexity index is 2010. The van der Waals surface area contributed by atoms with Crippen LogP contribution in [-0.2, 0) is 0 Å². The van der Waals surface area contributed by atoms with Gasteiger partial charge in [-0.15, -0.1) is 0 Å². The molecule has 2 heteroatoms. The molecule has 0 heterocycles. The average molecular weight is 763 g/mol. The minimum Gasteiger partial charge on any atom is -0.0636 e. The maximum atomic E-state index is 2.49. The lowest BCUT2D eigenvalue weighted by atomic mass is 9.82. The Morgan fingerprint density at radius 3 is 1.20 bits per heavy atom. The predicted molar refractivity (Wildman–Crippen MR) is 251 cm³/mol. The Kier molecular flexibility index (Phi) is 14.2. The first kappa shape index (κ1) is 42.3. The molecule has 286 valence electrons. The van der Waals surface area contributed by atoms with Crippen LogP contribution in [0.5, 0.6) is 0 Å². The highest BCUT2D eigenvalue weighted by Crippen LogP contribution is 2.60. The van der Waals surface area contributed by atoms with E-state index < -0.39 is 7.92 Å². The van der Waals surface area contributed by atoms with Gasteiger partial charge in [-0.2, -0.15) is 0 Å². The largest absolute Gasteiger partial charge is 0.0636 e. The molecule has 6 aromatic rings. The Morgan fingerprint density at radius 2 is 0.782 bits per heavy atom. The first-order chi connectivity index (χ1) is 26.1. The molecule has 0 bridgehead atoms. The van der Waals surface area contributed by atoms with Crippen molar-refractivity contribution < 1.29 is 0 Å². The van der Waals surface area contributed by atoms with Crippen LogP contribution in [0.1, 0.15) is 118 Å². The molecule has 0 amide bonds. The average Bonchev–Trinajstić information content (AvgIpc) is 3.15. The molecule has 6 rings (SSSR count). The quantitative estimate of drug-likeness (QED) is 0.129. The summed E-state index contributed by atoms with van der Waals surface area (Å²) in [7, 11) is -0.956. The molecule has 0 radical (unpaired) electrons. The van der Waals surface area contributed by atoms with Gasteiger partial charge in [0.2, 0.25) is 0 Å².